The highest BCUT2D eigenvalue weighted by atomic mass is 35.6. The monoisotopic (exact) mass is 683 g/mol. The molecule has 3 fully saturated rings. The Bertz CT molecular complexity index is 1480. The number of alkyl halides is 3. The molecule has 17 heteroatoms. The van der Waals surface area contributed by atoms with Crippen molar-refractivity contribution in [2.75, 3.05) is 19.7 Å². The Morgan fingerprint density at radius 2 is 1.80 bits per heavy atom. The number of hydrogen-bond acceptors (Lipinski definition) is 11. The van der Waals surface area contributed by atoms with Crippen molar-refractivity contribution in [2.24, 2.45) is 4.99 Å². The van der Waals surface area contributed by atoms with E-state index in [1.807, 2.05) is 12.1 Å². The number of guanidine groups is 1. The zero-order valence-corrected chi connectivity index (χ0v) is 26.2. The van der Waals surface area contributed by atoms with Gasteiger partial charge in [-0.05, 0) is 48.9 Å². The summed E-state index contributed by atoms with van der Waals surface area (Å²) in [7, 11) is 0. The van der Waals surface area contributed by atoms with E-state index in [4.69, 9.17) is 39.5 Å². The van der Waals surface area contributed by atoms with E-state index in [1.165, 1.54) is 10.5 Å². The van der Waals surface area contributed by atoms with Gasteiger partial charge in [-0.15, -0.1) is 0 Å². The number of halogens is 3. The summed E-state index contributed by atoms with van der Waals surface area (Å²) in [6.45, 7) is 2.80. The first-order valence-corrected chi connectivity index (χ1v) is 15.6. The number of aryl methyl sites for hydroxylation is 2. The Hall–Kier alpha value is -3.30. The van der Waals surface area contributed by atoms with E-state index in [-0.39, 0.29) is 37.7 Å². The fourth-order valence-electron chi connectivity index (χ4n) is 6.84. The zero-order chi connectivity index (χ0) is 32.3. The second-order valence-electron chi connectivity index (χ2n) is 11.8. The van der Waals surface area contributed by atoms with Crippen LogP contribution in [-0.2, 0) is 27.2 Å². The SMILES string of the molecule is C=C1N[C@H]2[C@H](CN3C(=O)CCC3=O)N=C(NC(=O)OCC(Cl)(Cl)Cl)N3C[C@H](NC(=O)c4ccc5c(c4)CCCC5)C(O)(O)[C@]23N1. The molecular formula is C28H32Cl3N7O7. The number of fused-ring (bicyclic) bond motifs is 1. The summed E-state index contributed by atoms with van der Waals surface area (Å²) < 4.78 is 3.11. The van der Waals surface area contributed by atoms with Crippen LogP contribution in [0.5, 0.6) is 0 Å². The minimum absolute atomic E-state index is 0.0325. The van der Waals surface area contributed by atoms with Crippen molar-refractivity contribution in [1.82, 2.24) is 31.1 Å². The smallest absolute Gasteiger partial charge is 0.414 e. The van der Waals surface area contributed by atoms with E-state index in [9.17, 15) is 29.4 Å². The maximum atomic E-state index is 13.5. The predicted octanol–water partition coefficient (Wildman–Crippen LogP) is 0.373. The molecule has 3 saturated heterocycles. The van der Waals surface area contributed by atoms with Gasteiger partial charge in [0.1, 0.15) is 12.6 Å². The maximum Gasteiger partial charge on any atom is 0.414 e. The van der Waals surface area contributed by atoms with E-state index in [2.05, 4.69) is 32.8 Å². The number of ether oxygens (including phenoxy) is 1. The van der Waals surface area contributed by atoms with Crippen LogP contribution in [0.2, 0.25) is 0 Å². The van der Waals surface area contributed by atoms with E-state index in [0.717, 1.165) is 36.1 Å². The summed E-state index contributed by atoms with van der Waals surface area (Å²) in [5.41, 5.74) is 0.729. The number of nitrogens with zero attached hydrogens (tertiary/aromatic N) is 3. The van der Waals surface area contributed by atoms with Crippen LogP contribution in [0.1, 0.15) is 47.2 Å². The van der Waals surface area contributed by atoms with Crippen molar-refractivity contribution in [3.8, 4) is 0 Å². The second-order valence-corrected chi connectivity index (χ2v) is 14.3. The van der Waals surface area contributed by atoms with Gasteiger partial charge in [0.25, 0.3) is 5.91 Å². The molecule has 242 valence electrons. The lowest BCUT2D eigenvalue weighted by Crippen LogP contribution is -2.78. The van der Waals surface area contributed by atoms with E-state index in [1.54, 1.807) is 6.07 Å². The molecule has 1 aromatic rings. The highest BCUT2D eigenvalue weighted by Gasteiger charge is 2.74. The van der Waals surface area contributed by atoms with Gasteiger partial charge in [-0.3, -0.25) is 24.6 Å². The van der Waals surface area contributed by atoms with Crippen LogP contribution in [0.25, 0.3) is 0 Å². The zero-order valence-electron chi connectivity index (χ0n) is 23.9. The molecule has 1 aromatic carbocycles. The molecule has 1 aliphatic carbocycles. The number of imide groups is 1. The van der Waals surface area contributed by atoms with Gasteiger partial charge in [-0.2, -0.15) is 0 Å². The third-order valence-corrected chi connectivity index (χ3v) is 9.24. The first-order valence-electron chi connectivity index (χ1n) is 14.5. The fourth-order valence-corrected chi connectivity index (χ4v) is 7.00. The van der Waals surface area contributed by atoms with Gasteiger partial charge in [-0.1, -0.05) is 47.4 Å². The van der Waals surface area contributed by atoms with Crippen LogP contribution in [-0.4, -0.2) is 103 Å². The summed E-state index contributed by atoms with van der Waals surface area (Å²) in [6.07, 6.45) is 2.88. The topological polar surface area (TPSA) is 185 Å². The van der Waals surface area contributed by atoms with Crippen LogP contribution in [0, 0.1) is 0 Å². The summed E-state index contributed by atoms with van der Waals surface area (Å²) >= 11 is 17.2. The third-order valence-electron chi connectivity index (χ3n) is 8.91. The predicted molar refractivity (Wildman–Crippen MR) is 162 cm³/mol. The van der Waals surface area contributed by atoms with Gasteiger partial charge in [0.2, 0.25) is 27.4 Å². The molecule has 4 aliphatic heterocycles. The first-order chi connectivity index (χ1) is 21.2. The van der Waals surface area contributed by atoms with Gasteiger partial charge in [0.05, 0.1) is 24.4 Å². The Balaban J connectivity index is 1.33. The number of rotatable bonds is 5. The number of likely N-dealkylation sites (tertiary alicyclic amines) is 1. The number of hydrogen-bond donors (Lipinski definition) is 6. The van der Waals surface area contributed by atoms with Crippen molar-refractivity contribution in [3.05, 3.63) is 47.3 Å². The standard InChI is InChI=1S/C28H32Cl3N7O7/c1-14-32-22-18(11-37-20(39)8-9-21(37)40)33-24(35-25(42)45-13-26(29,30)31)38-12-19(28(43,44)27(22,38)36-14)34-23(41)17-7-6-15-4-2-3-5-16(15)10-17/h6-7,10,18-19,22,32,36,43-44H,1-5,8-9,11-13H2,(H,34,41)(H,33,35,42)/t18-,19-,22-,27-/m0/s1. The van der Waals surface area contributed by atoms with Crippen molar-refractivity contribution >= 4 is 64.6 Å². The molecule has 0 saturated carbocycles. The van der Waals surface area contributed by atoms with Gasteiger partial charge < -0.3 is 35.8 Å². The largest absolute Gasteiger partial charge is 0.445 e. The molecule has 0 unspecified atom stereocenters. The van der Waals surface area contributed by atoms with Crippen molar-refractivity contribution in [3.63, 3.8) is 0 Å². The van der Waals surface area contributed by atoms with Crippen LogP contribution in [0.15, 0.2) is 35.6 Å². The summed E-state index contributed by atoms with van der Waals surface area (Å²) in [6, 6.07) is 2.07. The Morgan fingerprint density at radius 1 is 1.11 bits per heavy atom. The molecule has 6 N–H and O–H groups in total. The number of amides is 4. The molecule has 0 bridgehead atoms. The highest BCUT2D eigenvalue weighted by molar-refractivity contribution is 6.67. The number of aliphatic hydroxyl groups is 2. The number of aliphatic imine (C=N–C) groups is 1. The molecule has 0 aromatic heterocycles. The minimum Gasteiger partial charge on any atom is -0.445 e. The number of benzene rings is 1. The van der Waals surface area contributed by atoms with Gasteiger partial charge in [-0.25, -0.2) is 9.79 Å². The lowest BCUT2D eigenvalue weighted by atomic mass is 9.85. The number of carbonyl (C=O) groups is 4. The molecule has 14 nitrogen and oxygen atoms in total. The number of carbonyl (C=O) groups excluding carboxylic acids is 4. The summed E-state index contributed by atoms with van der Waals surface area (Å²) in [5.74, 6) is -4.10. The lowest BCUT2D eigenvalue weighted by Gasteiger charge is -2.49. The van der Waals surface area contributed by atoms with Crippen molar-refractivity contribution < 1.29 is 34.1 Å². The molecule has 0 radical (unpaired) electrons. The van der Waals surface area contributed by atoms with Crippen LogP contribution < -0.4 is 21.3 Å². The molecule has 1 spiro atoms. The fraction of sp³-hybridized carbons (Fsp3) is 0.536. The van der Waals surface area contributed by atoms with Crippen LogP contribution >= 0.6 is 34.8 Å². The lowest BCUT2D eigenvalue weighted by molar-refractivity contribution is -0.231. The van der Waals surface area contributed by atoms with Gasteiger partial charge >= 0.3 is 6.09 Å². The second kappa shape index (κ2) is 11.5. The quantitative estimate of drug-likeness (QED) is 0.144. The normalized spacial score (nSPS) is 28.4. The summed E-state index contributed by atoms with van der Waals surface area (Å²) in [4.78, 5) is 58.3. The maximum absolute atomic E-state index is 13.5. The van der Waals surface area contributed by atoms with E-state index < -0.39 is 63.8 Å². The average molecular weight is 685 g/mol. The molecule has 4 amide bonds. The summed E-state index contributed by atoms with van der Waals surface area (Å²) in [5, 5.41) is 35.1. The van der Waals surface area contributed by atoms with Crippen LogP contribution in [0.4, 0.5) is 4.79 Å². The van der Waals surface area contributed by atoms with E-state index >= 15 is 0 Å². The molecule has 5 aliphatic rings. The Morgan fingerprint density at radius 3 is 2.49 bits per heavy atom. The van der Waals surface area contributed by atoms with Crippen molar-refractivity contribution in [2.45, 2.75) is 71.9 Å². The Labute approximate surface area is 273 Å². The van der Waals surface area contributed by atoms with Crippen LogP contribution in [0.3, 0.4) is 0 Å². The molecule has 4 heterocycles. The van der Waals surface area contributed by atoms with Gasteiger partial charge in [0, 0.05) is 24.9 Å². The molecule has 45 heavy (non-hydrogen) atoms. The highest BCUT2D eigenvalue weighted by Crippen LogP contribution is 2.45. The first kappa shape index (κ1) is 31.7. The number of alkyl carbamates (subject to hydrolysis) is 1. The van der Waals surface area contributed by atoms with Crippen molar-refractivity contribution in [1.29, 1.82) is 0 Å². The Kier molecular flexibility index (Phi) is 8.09. The molecular weight excluding hydrogens is 653 g/mol. The number of nitrogens with one attached hydrogen (secondary N) is 4. The molecule has 6 rings (SSSR count). The molecule has 4 atom stereocenters. The average Bonchev–Trinajstić information content (AvgIpc) is 3.58. The van der Waals surface area contributed by atoms with Gasteiger partial charge in [0.15, 0.2) is 5.66 Å². The minimum atomic E-state index is -2.73. The van der Waals surface area contributed by atoms with E-state index in [0.29, 0.717) is 5.56 Å². The third kappa shape index (κ3) is 5.67.